The van der Waals surface area contributed by atoms with Gasteiger partial charge in [0.1, 0.15) is 11.7 Å². The summed E-state index contributed by atoms with van der Waals surface area (Å²) in [7, 11) is 0. The number of aromatic nitrogens is 2. The Morgan fingerprint density at radius 1 is 0.917 bits per heavy atom. The van der Waals surface area contributed by atoms with E-state index in [0.717, 1.165) is 34.7 Å². The molecule has 1 aliphatic carbocycles. The Balaban J connectivity index is 1.79. The molecule has 0 amide bonds. The minimum atomic E-state index is -0.680. The van der Waals surface area contributed by atoms with E-state index in [1.165, 1.54) is 0 Å². The van der Waals surface area contributed by atoms with Crippen molar-refractivity contribution in [1.29, 1.82) is 0 Å². The van der Waals surface area contributed by atoms with E-state index >= 15 is 0 Å². The predicted octanol–water partition coefficient (Wildman–Crippen LogP) is 3.16. The van der Waals surface area contributed by atoms with Gasteiger partial charge in [-0.05, 0) is 17.7 Å². The average molecular weight is 316 g/mol. The minimum absolute atomic E-state index is 0.187. The number of ether oxygens (including phenoxy) is 2. The largest absolute Gasteiger partial charge is 0.371 e. The van der Waals surface area contributed by atoms with E-state index in [-0.39, 0.29) is 6.10 Å². The smallest absolute Gasteiger partial charge is 0.148 e. The van der Waals surface area contributed by atoms with Crippen molar-refractivity contribution in [1.82, 2.24) is 9.97 Å². The van der Waals surface area contributed by atoms with E-state index in [1.807, 2.05) is 42.7 Å². The van der Waals surface area contributed by atoms with Crippen molar-refractivity contribution in [3.05, 3.63) is 83.7 Å². The molecule has 24 heavy (non-hydrogen) atoms. The molecule has 1 atom stereocenters. The molecule has 1 fully saturated rings. The highest BCUT2D eigenvalue weighted by molar-refractivity contribution is 5.76. The zero-order valence-electron chi connectivity index (χ0n) is 13.1. The van der Waals surface area contributed by atoms with Crippen LogP contribution in [0.5, 0.6) is 0 Å². The summed E-state index contributed by atoms with van der Waals surface area (Å²) in [6, 6.07) is 18.4. The first kappa shape index (κ1) is 13.8. The molecule has 118 valence electrons. The molecule has 3 heterocycles. The summed E-state index contributed by atoms with van der Waals surface area (Å²) in [6.45, 7) is 1.32. The summed E-state index contributed by atoms with van der Waals surface area (Å²) in [5, 5.41) is 0. The quantitative estimate of drug-likeness (QED) is 0.694. The van der Waals surface area contributed by atoms with Gasteiger partial charge in [-0.25, -0.2) is 0 Å². The third kappa shape index (κ3) is 1.94. The molecule has 3 aromatic rings. The lowest BCUT2D eigenvalue weighted by Crippen LogP contribution is -2.32. The second-order valence-corrected chi connectivity index (χ2v) is 6.11. The SMILES string of the molecule is c1ccc(C2(OCC3CO3)c3cccnc3-c3ncccc32)cc1. The van der Waals surface area contributed by atoms with E-state index in [2.05, 4.69) is 34.2 Å². The van der Waals surface area contributed by atoms with Crippen LogP contribution in [0.1, 0.15) is 16.7 Å². The van der Waals surface area contributed by atoms with Crippen molar-refractivity contribution in [2.45, 2.75) is 11.7 Å². The number of benzene rings is 1. The molecular weight excluding hydrogens is 300 g/mol. The Morgan fingerprint density at radius 2 is 1.54 bits per heavy atom. The molecule has 1 aromatic carbocycles. The molecule has 0 saturated carbocycles. The standard InChI is InChI=1S/C20H16N2O2/c1-2-6-14(7-3-1)20(24-13-15-12-23-15)16-8-4-10-21-18(16)19-17(20)9-5-11-22-19/h1-11,15H,12-13H2. The van der Waals surface area contributed by atoms with Crippen LogP contribution >= 0.6 is 0 Å². The van der Waals surface area contributed by atoms with Crippen LogP contribution in [0.3, 0.4) is 0 Å². The molecule has 0 spiro atoms. The van der Waals surface area contributed by atoms with E-state index in [9.17, 15) is 0 Å². The second kappa shape index (κ2) is 5.23. The fraction of sp³-hybridized carbons (Fsp3) is 0.200. The average Bonchev–Trinajstić information content (AvgIpc) is 3.44. The molecule has 0 bridgehead atoms. The lowest BCUT2D eigenvalue weighted by Gasteiger charge is -2.32. The maximum atomic E-state index is 6.55. The van der Waals surface area contributed by atoms with E-state index in [1.54, 1.807) is 0 Å². The van der Waals surface area contributed by atoms with Gasteiger partial charge in [-0.2, -0.15) is 0 Å². The summed E-state index contributed by atoms with van der Waals surface area (Å²) >= 11 is 0. The Labute approximate surface area is 140 Å². The van der Waals surface area contributed by atoms with Gasteiger partial charge >= 0.3 is 0 Å². The minimum Gasteiger partial charge on any atom is -0.371 e. The number of epoxide rings is 1. The number of hydrogen-bond acceptors (Lipinski definition) is 4. The van der Waals surface area contributed by atoms with Crippen LogP contribution in [0.4, 0.5) is 0 Å². The Hall–Kier alpha value is -2.56. The van der Waals surface area contributed by atoms with E-state index in [0.29, 0.717) is 6.61 Å². The first-order valence-electron chi connectivity index (χ1n) is 8.12. The van der Waals surface area contributed by atoms with Gasteiger partial charge in [0.2, 0.25) is 0 Å². The number of pyridine rings is 2. The van der Waals surface area contributed by atoms with Crippen molar-refractivity contribution in [2.75, 3.05) is 13.2 Å². The van der Waals surface area contributed by atoms with Crippen molar-refractivity contribution < 1.29 is 9.47 Å². The van der Waals surface area contributed by atoms with E-state index < -0.39 is 5.60 Å². The summed E-state index contributed by atoms with van der Waals surface area (Å²) in [5.74, 6) is 0. The first-order valence-corrected chi connectivity index (χ1v) is 8.12. The maximum Gasteiger partial charge on any atom is 0.148 e. The molecule has 4 nitrogen and oxygen atoms in total. The van der Waals surface area contributed by atoms with Gasteiger partial charge in [0, 0.05) is 23.5 Å². The lowest BCUT2D eigenvalue weighted by molar-refractivity contribution is 0.00720. The summed E-state index contributed by atoms with van der Waals surface area (Å²) in [5.41, 5.74) is 4.30. The highest BCUT2D eigenvalue weighted by atomic mass is 16.6. The predicted molar refractivity (Wildman–Crippen MR) is 89.5 cm³/mol. The Morgan fingerprint density at radius 3 is 2.12 bits per heavy atom. The third-order valence-electron chi connectivity index (χ3n) is 4.67. The third-order valence-corrected chi connectivity index (χ3v) is 4.67. The molecule has 2 aliphatic rings. The molecule has 2 aromatic heterocycles. The molecule has 1 saturated heterocycles. The highest BCUT2D eigenvalue weighted by Crippen LogP contribution is 2.51. The van der Waals surface area contributed by atoms with Gasteiger partial charge in [-0.15, -0.1) is 0 Å². The van der Waals surface area contributed by atoms with Crippen molar-refractivity contribution >= 4 is 0 Å². The van der Waals surface area contributed by atoms with Crippen LogP contribution < -0.4 is 0 Å². The van der Waals surface area contributed by atoms with Crippen LogP contribution in [0, 0.1) is 0 Å². The molecule has 1 unspecified atom stereocenters. The summed E-state index contributed by atoms with van der Waals surface area (Å²) in [6.07, 6.45) is 3.80. The maximum absolute atomic E-state index is 6.55. The van der Waals surface area contributed by atoms with Gasteiger partial charge < -0.3 is 9.47 Å². The normalized spacial score (nSPS) is 19.6. The monoisotopic (exact) mass is 316 g/mol. The molecule has 1 aliphatic heterocycles. The number of hydrogen-bond donors (Lipinski definition) is 0. The van der Waals surface area contributed by atoms with Gasteiger partial charge in [-0.3, -0.25) is 9.97 Å². The van der Waals surface area contributed by atoms with Gasteiger partial charge in [0.15, 0.2) is 0 Å². The number of nitrogens with zero attached hydrogens (tertiary/aromatic N) is 2. The van der Waals surface area contributed by atoms with Gasteiger partial charge in [-0.1, -0.05) is 42.5 Å². The van der Waals surface area contributed by atoms with Gasteiger partial charge in [0.25, 0.3) is 0 Å². The molecule has 5 rings (SSSR count). The topological polar surface area (TPSA) is 47.5 Å². The van der Waals surface area contributed by atoms with Crippen molar-refractivity contribution in [3.63, 3.8) is 0 Å². The van der Waals surface area contributed by atoms with Crippen LogP contribution in [0.15, 0.2) is 67.0 Å². The van der Waals surface area contributed by atoms with Crippen molar-refractivity contribution in [2.24, 2.45) is 0 Å². The van der Waals surface area contributed by atoms with Crippen LogP contribution in [-0.2, 0) is 15.1 Å². The molecule has 4 heteroatoms. The second-order valence-electron chi connectivity index (χ2n) is 6.11. The van der Waals surface area contributed by atoms with Crippen LogP contribution in [0.25, 0.3) is 11.4 Å². The summed E-state index contributed by atoms with van der Waals surface area (Å²) < 4.78 is 11.9. The molecular formula is C20H16N2O2. The van der Waals surface area contributed by atoms with Crippen molar-refractivity contribution in [3.8, 4) is 11.4 Å². The van der Waals surface area contributed by atoms with E-state index in [4.69, 9.17) is 9.47 Å². The van der Waals surface area contributed by atoms with Gasteiger partial charge in [0.05, 0.1) is 24.6 Å². The van der Waals surface area contributed by atoms with Crippen LogP contribution in [0.2, 0.25) is 0 Å². The molecule has 0 radical (unpaired) electrons. The fourth-order valence-electron chi connectivity index (χ4n) is 3.51. The first-order chi connectivity index (χ1) is 11.9. The zero-order chi connectivity index (χ0) is 16.0. The highest BCUT2D eigenvalue weighted by Gasteiger charge is 2.48. The van der Waals surface area contributed by atoms with Crippen LogP contribution in [-0.4, -0.2) is 29.3 Å². The lowest BCUT2D eigenvalue weighted by atomic mass is 9.84. The number of rotatable bonds is 4. The summed E-state index contributed by atoms with van der Waals surface area (Å²) in [4.78, 5) is 9.18. The Bertz CT molecular complexity index is 845. The molecule has 0 N–H and O–H groups in total. The Kier molecular flexibility index (Phi) is 3.01. The number of fused-ring (bicyclic) bond motifs is 3. The fourth-order valence-corrected chi connectivity index (χ4v) is 3.51. The zero-order valence-corrected chi connectivity index (χ0v) is 13.1.